The van der Waals surface area contributed by atoms with Crippen molar-refractivity contribution >= 4 is 5.96 Å². The van der Waals surface area contributed by atoms with E-state index in [2.05, 4.69) is 32.7 Å². The number of nitrogens with zero attached hydrogens (tertiary/aromatic N) is 2. The van der Waals surface area contributed by atoms with Crippen molar-refractivity contribution in [2.24, 2.45) is 4.99 Å². The van der Waals surface area contributed by atoms with Gasteiger partial charge in [0.15, 0.2) is 5.96 Å². The Bertz CT molecular complexity index is 598. The Morgan fingerprint density at radius 3 is 2.39 bits per heavy atom. The molecule has 1 atom stereocenters. The van der Waals surface area contributed by atoms with Crippen LogP contribution in [0.15, 0.2) is 29.3 Å². The number of rotatable bonds is 9. The highest BCUT2D eigenvalue weighted by Crippen LogP contribution is 2.26. The predicted octanol–water partition coefficient (Wildman–Crippen LogP) is 3.73. The minimum atomic E-state index is -4.08. The van der Waals surface area contributed by atoms with Crippen molar-refractivity contribution in [1.82, 2.24) is 15.5 Å². The van der Waals surface area contributed by atoms with Crippen LogP contribution in [0.2, 0.25) is 0 Å². The van der Waals surface area contributed by atoms with E-state index in [0.717, 1.165) is 18.8 Å². The lowest BCUT2D eigenvalue weighted by Crippen LogP contribution is -2.43. The van der Waals surface area contributed by atoms with Crippen LogP contribution in [0.3, 0.4) is 0 Å². The van der Waals surface area contributed by atoms with Gasteiger partial charge in [-0.05, 0) is 56.5 Å². The van der Waals surface area contributed by atoms with Gasteiger partial charge < -0.3 is 15.4 Å². The van der Waals surface area contributed by atoms with Crippen LogP contribution in [0, 0.1) is 0 Å². The van der Waals surface area contributed by atoms with E-state index in [0.29, 0.717) is 25.5 Å². The van der Waals surface area contributed by atoms with E-state index in [9.17, 15) is 13.2 Å². The zero-order valence-corrected chi connectivity index (χ0v) is 16.7. The molecular weight excluding hydrogens is 369 g/mol. The molecule has 0 radical (unpaired) electrons. The highest BCUT2D eigenvalue weighted by molar-refractivity contribution is 5.79. The number of halogens is 3. The number of hydrogen-bond donors (Lipinski definition) is 2. The van der Waals surface area contributed by atoms with Crippen LogP contribution in [-0.4, -0.2) is 57.4 Å². The Morgan fingerprint density at radius 1 is 1.14 bits per heavy atom. The second kappa shape index (κ2) is 11.1. The molecule has 28 heavy (non-hydrogen) atoms. The summed E-state index contributed by atoms with van der Waals surface area (Å²) < 4.78 is 41.9. The van der Waals surface area contributed by atoms with Gasteiger partial charge in [-0.15, -0.1) is 0 Å². The highest BCUT2D eigenvalue weighted by Gasteiger charge is 2.26. The molecule has 1 aromatic carbocycles. The van der Waals surface area contributed by atoms with Gasteiger partial charge in [0.05, 0.1) is 13.2 Å². The Morgan fingerprint density at radius 2 is 1.82 bits per heavy atom. The number of unbranched alkanes of at least 4 members (excludes halogenated alkanes) is 1. The average Bonchev–Trinajstić information content (AvgIpc) is 3.20. The molecule has 2 rings (SSSR count). The topological polar surface area (TPSA) is 48.9 Å². The van der Waals surface area contributed by atoms with Crippen molar-refractivity contribution < 1.29 is 17.9 Å². The molecule has 1 unspecified atom stereocenters. The summed E-state index contributed by atoms with van der Waals surface area (Å²) in [5.74, 6) is 1.44. The van der Waals surface area contributed by atoms with Crippen LogP contribution in [0.5, 0.6) is 5.75 Å². The van der Waals surface area contributed by atoms with E-state index in [-0.39, 0.29) is 12.5 Å². The molecule has 0 saturated carbocycles. The summed E-state index contributed by atoms with van der Waals surface area (Å²) >= 11 is 0. The van der Waals surface area contributed by atoms with Gasteiger partial charge in [0.2, 0.25) is 0 Å². The van der Waals surface area contributed by atoms with E-state index < -0.39 is 12.6 Å². The van der Waals surface area contributed by atoms with Crippen LogP contribution < -0.4 is 15.4 Å². The normalized spacial score (nSPS) is 16.8. The molecule has 0 bridgehead atoms. The molecule has 0 amide bonds. The monoisotopic (exact) mass is 400 g/mol. The van der Waals surface area contributed by atoms with Crippen molar-refractivity contribution in [2.45, 2.75) is 44.3 Å². The largest absolute Gasteiger partial charge is 0.497 e. The number of nitrogens with one attached hydrogen (secondary N) is 2. The molecule has 1 aliphatic heterocycles. The van der Waals surface area contributed by atoms with Crippen LogP contribution >= 0.6 is 0 Å². The van der Waals surface area contributed by atoms with Crippen LogP contribution in [0.4, 0.5) is 13.2 Å². The fourth-order valence-electron chi connectivity index (χ4n) is 3.41. The molecular formula is C20H31F3N4O. The zero-order valence-electron chi connectivity index (χ0n) is 16.7. The molecule has 1 aliphatic rings. The number of aliphatic imine (C=N–C) groups is 1. The van der Waals surface area contributed by atoms with Gasteiger partial charge in [-0.1, -0.05) is 12.1 Å². The summed E-state index contributed by atoms with van der Waals surface area (Å²) in [5, 5.41) is 6.43. The third-order valence-corrected chi connectivity index (χ3v) is 4.95. The lowest BCUT2D eigenvalue weighted by atomic mass is 10.1. The number of alkyl halides is 3. The van der Waals surface area contributed by atoms with E-state index in [4.69, 9.17) is 4.74 Å². The summed E-state index contributed by atoms with van der Waals surface area (Å²) in [6.07, 6.45) is -1.86. The first-order valence-corrected chi connectivity index (χ1v) is 9.82. The second-order valence-electron chi connectivity index (χ2n) is 6.98. The summed E-state index contributed by atoms with van der Waals surface area (Å²) in [6.45, 7) is 3.25. The number of ether oxygens (including phenoxy) is 1. The molecule has 0 aromatic heterocycles. The van der Waals surface area contributed by atoms with Crippen molar-refractivity contribution in [2.75, 3.05) is 40.3 Å². The van der Waals surface area contributed by atoms with Gasteiger partial charge in [-0.2, -0.15) is 13.2 Å². The van der Waals surface area contributed by atoms with Gasteiger partial charge in [-0.3, -0.25) is 9.89 Å². The van der Waals surface area contributed by atoms with Crippen LogP contribution in [0.1, 0.15) is 43.7 Å². The number of guanidine groups is 1. The van der Waals surface area contributed by atoms with Gasteiger partial charge in [0.25, 0.3) is 0 Å². The fourth-order valence-corrected chi connectivity index (χ4v) is 3.41. The summed E-state index contributed by atoms with van der Waals surface area (Å²) in [4.78, 5) is 6.64. The van der Waals surface area contributed by atoms with Crippen LogP contribution in [-0.2, 0) is 0 Å². The quantitative estimate of drug-likeness (QED) is 0.377. The first kappa shape index (κ1) is 22.3. The Balaban J connectivity index is 1.86. The first-order chi connectivity index (χ1) is 13.4. The van der Waals surface area contributed by atoms with Gasteiger partial charge in [-0.25, -0.2) is 0 Å². The highest BCUT2D eigenvalue weighted by atomic mass is 19.4. The fraction of sp³-hybridized carbons (Fsp3) is 0.650. The number of hydrogen-bond acceptors (Lipinski definition) is 3. The third-order valence-electron chi connectivity index (χ3n) is 4.95. The van der Waals surface area contributed by atoms with Crippen molar-refractivity contribution in [3.63, 3.8) is 0 Å². The molecule has 2 N–H and O–H groups in total. The average molecular weight is 400 g/mol. The Hall–Kier alpha value is -1.96. The molecule has 1 heterocycles. The molecule has 1 fully saturated rings. The smallest absolute Gasteiger partial charge is 0.389 e. The summed E-state index contributed by atoms with van der Waals surface area (Å²) in [6, 6.07) is 8.29. The Kier molecular flexibility index (Phi) is 8.89. The van der Waals surface area contributed by atoms with Gasteiger partial charge in [0, 0.05) is 26.6 Å². The predicted molar refractivity (Wildman–Crippen MR) is 106 cm³/mol. The number of likely N-dealkylation sites (tertiary alicyclic amines) is 1. The van der Waals surface area contributed by atoms with Gasteiger partial charge in [0.1, 0.15) is 5.75 Å². The molecule has 1 saturated heterocycles. The maximum absolute atomic E-state index is 12.2. The number of methoxy groups -OCH3 is 1. The summed E-state index contributed by atoms with van der Waals surface area (Å²) in [7, 11) is 3.32. The standard InChI is InChI=1S/C20H31F3N4O/c1-24-19(25-12-4-3-11-20(21,22)23)26-15-18(27-13-5-6-14-27)16-7-9-17(28-2)10-8-16/h7-10,18H,3-6,11-15H2,1-2H3,(H2,24,25,26). The molecule has 0 aliphatic carbocycles. The van der Waals surface area contributed by atoms with Crippen LogP contribution in [0.25, 0.3) is 0 Å². The van der Waals surface area contributed by atoms with E-state index in [1.165, 1.54) is 18.4 Å². The molecule has 8 heteroatoms. The molecule has 5 nitrogen and oxygen atoms in total. The molecule has 1 aromatic rings. The second-order valence-corrected chi connectivity index (χ2v) is 6.98. The Labute approximate surface area is 165 Å². The van der Waals surface area contributed by atoms with Crippen molar-refractivity contribution in [1.29, 1.82) is 0 Å². The minimum Gasteiger partial charge on any atom is -0.497 e. The van der Waals surface area contributed by atoms with Gasteiger partial charge >= 0.3 is 6.18 Å². The summed E-state index contributed by atoms with van der Waals surface area (Å²) in [5.41, 5.74) is 1.20. The van der Waals surface area contributed by atoms with E-state index in [1.807, 2.05) is 12.1 Å². The SMILES string of the molecule is CN=C(NCCCCC(F)(F)F)NCC(c1ccc(OC)cc1)N1CCCC1. The lowest BCUT2D eigenvalue weighted by Gasteiger charge is -2.29. The van der Waals surface area contributed by atoms with Crippen molar-refractivity contribution in [3.05, 3.63) is 29.8 Å². The maximum Gasteiger partial charge on any atom is 0.389 e. The van der Waals surface area contributed by atoms with Crippen molar-refractivity contribution in [3.8, 4) is 5.75 Å². The third kappa shape index (κ3) is 7.58. The number of benzene rings is 1. The lowest BCUT2D eigenvalue weighted by molar-refractivity contribution is -0.135. The molecule has 0 spiro atoms. The zero-order chi connectivity index (χ0) is 20.4. The first-order valence-electron chi connectivity index (χ1n) is 9.82. The van der Waals surface area contributed by atoms with E-state index >= 15 is 0 Å². The minimum absolute atomic E-state index is 0.121. The molecule has 158 valence electrons. The maximum atomic E-state index is 12.2. The van der Waals surface area contributed by atoms with E-state index in [1.54, 1.807) is 14.2 Å².